The van der Waals surface area contributed by atoms with Gasteiger partial charge in [-0.3, -0.25) is 0 Å². The van der Waals surface area contributed by atoms with Gasteiger partial charge in [-0.1, -0.05) is 22.0 Å². The second-order valence-electron chi connectivity index (χ2n) is 4.61. The van der Waals surface area contributed by atoms with Gasteiger partial charge < -0.3 is 15.8 Å². The maximum Gasteiger partial charge on any atom is 0.340 e. The van der Waals surface area contributed by atoms with Gasteiger partial charge in [0.05, 0.1) is 17.9 Å². The minimum atomic E-state index is -0.389. The summed E-state index contributed by atoms with van der Waals surface area (Å²) in [6.45, 7) is 4.09. The van der Waals surface area contributed by atoms with Crippen molar-refractivity contribution in [3.05, 3.63) is 52.0 Å². The third-order valence-electron chi connectivity index (χ3n) is 3.01. The number of rotatable bonds is 4. The smallest absolute Gasteiger partial charge is 0.340 e. The summed E-state index contributed by atoms with van der Waals surface area (Å²) in [4.78, 5) is 12.0. The van der Waals surface area contributed by atoms with Gasteiger partial charge in [0.1, 0.15) is 0 Å². The molecule has 0 spiro atoms. The summed E-state index contributed by atoms with van der Waals surface area (Å²) in [5.41, 5.74) is 9.38. The van der Waals surface area contributed by atoms with E-state index in [1.807, 2.05) is 25.1 Å². The van der Waals surface area contributed by atoms with Gasteiger partial charge in [0.2, 0.25) is 0 Å². The number of anilines is 3. The lowest BCUT2D eigenvalue weighted by Crippen LogP contribution is -2.09. The number of nitrogen functional groups attached to an aromatic ring is 1. The summed E-state index contributed by atoms with van der Waals surface area (Å²) < 4.78 is 6.03. The first-order valence-corrected chi connectivity index (χ1v) is 7.40. The van der Waals surface area contributed by atoms with Crippen LogP contribution in [0.15, 0.2) is 40.9 Å². The van der Waals surface area contributed by atoms with E-state index in [9.17, 15) is 4.79 Å². The molecular formula is C16H17BrN2O2. The van der Waals surface area contributed by atoms with Gasteiger partial charge in [-0.25, -0.2) is 4.79 Å². The van der Waals surface area contributed by atoms with Crippen molar-refractivity contribution < 1.29 is 9.53 Å². The van der Waals surface area contributed by atoms with Crippen LogP contribution in [0.4, 0.5) is 17.1 Å². The van der Waals surface area contributed by atoms with Crippen molar-refractivity contribution in [2.24, 2.45) is 0 Å². The first-order chi connectivity index (χ1) is 10.0. The fourth-order valence-corrected chi connectivity index (χ4v) is 2.28. The number of hydrogen-bond acceptors (Lipinski definition) is 4. The quantitative estimate of drug-likeness (QED) is 0.639. The van der Waals surface area contributed by atoms with Gasteiger partial charge in [-0.05, 0) is 49.7 Å². The molecule has 0 atom stereocenters. The Labute approximate surface area is 132 Å². The summed E-state index contributed by atoms with van der Waals surface area (Å²) in [6, 6.07) is 11.1. The highest BCUT2D eigenvalue weighted by atomic mass is 79.9. The topological polar surface area (TPSA) is 64.3 Å². The van der Waals surface area contributed by atoms with Crippen molar-refractivity contribution in [2.75, 3.05) is 17.7 Å². The first-order valence-electron chi connectivity index (χ1n) is 6.61. The number of esters is 1. The number of benzene rings is 2. The largest absolute Gasteiger partial charge is 0.462 e. The van der Waals surface area contributed by atoms with E-state index in [-0.39, 0.29) is 5.97 Å². The van der Waals surface area contributed by atoms with Crippen molar-refractivity contribution in [1.82, 2.24) is 0 Å². The number of hydrogen-bond donors (Lipinski definition) is 2. The van der Waals surface area contributed by atoms with Crippen LogP contribution in [0.1, 0.15) is 22.8 Å². The van der Waals surface area contributed by atoms with Crippen LogP contribution in [0.25, 0.3) is 0 Å². The fraction of sp³-hybridized carbons (Fsp3) is 0.188. The highest BCUT2D eigenvalue weighted by Gasteiger charge is 2.14. The van der Waals surface area contributed by atoms with Gasteiger partial charge >= 0.3 is 5.97 Å². The molecule has 0 amide bonds. The molecule has 2 aromatic carbocycles. The summed E-state index contributed by atoms with van der Waals surface area (Å²) in [5, 5.41) is 3.26. The molecule has 0 saturated heterocycles. The third-order valence-corrected chi connectivity index (χ3v) is 3.50. The SMILES string of the molecule is CCOC(=O)c1cc(N)ccc1Nc1cc(Br)ccc1C. The predicted molar refractivity (Wildman–Crippen MR) is 89.0 cm³/mol. The molecule has 0 radical (unpaired) electrons. The third kappa shape index (κ3) is 3.76. The van der Waals surface area contributed by atoms with E-state index in [0.29, 0.717) is 23.5 Å². The number of ether oxygens (including phenoxy) is 1. The Morgan fingerprint density at radius 2 is 2.00 bits per heavy atom. The number of aryl methyl sites for hydroxylation is 1. The molecule has 2 aromatic rings. The zero-order chi connectivity index (χ0) is 15.4. The van der Waals surface area contributed by atoms with Crippen LogP contribution >= 0.6 is 15.9 Å². The van der Waals surface area contributed by atoms with Crippen LogP contribution in [-0.2, 0) is 4.74 Å². The number of nitrogens with two attached hydrogens (primary N) is 1. The maximum atomic E-state index is 12.0. The van der Waals surface area contributed by atoms with Crippen LogP contribution in [0.5, 0.6) is 0 Å². The van der Waals surface area contributed by atoms with E-state index in [0.717, 1.165) is 15.7 Å². The highest BCUT2D eigenvalue weighted by molar-refractivity contribution is 9.10. The van der Waals surface area contributed by atoms with Crippen molar-refractivity contribution >= 4 is 39.0 Å². The second-order valence-corrected chi connectivity index (χ2v) is 5.53. The monoisotopic (exact) mass is 348 g/mol. The Kier molecular flexibility index (Phi) is 4.85. The minimum absolute atomic E-state index is 0.322. The van der Waals surface area contributed by atoms with E-state index in [1.54, 1.807) is 25.1 Å². The lowest BCUT2D eigenvalue weighted by molar-refractivity contribution is 0.0527. The van der Waals surface area contributed by atoms with E-state index < -0.39 is 0 Å². The molecule has 2 rings (SSSR count). The standard InChI is InChI=1S/C16H17BrN2O2/c1-3-21-16(20)13-9-12(18)6-7-14(13)19-15-8-11(17)5-4-10(15)2/h4-9,19H,3,18H2,1-2H3. The van der Waals surface area contributed by atoms with Crippen LogP contribution < -0.4 is 11.1 Å². The second kappa shape index (κ2) is 6.63. The lowest BCUT2D eigenvalue weighted by Gasteiger charge is -2.14. The number of carbonyl (C=O) groups excluding carboxylic acids is 1. The molecule has 4 nitrogen and oxygen atoms in total. The molecule has 0 fully saturated rings. The molecule has 0 saturated carbocycles. The van der Waals surface area contributed by atoms with Crippen molar-refractivity contribution in [3.63, 3.8) is 0 Å². The van der Waals surface area contributed by atoms with Crippen LogP contribution in [-0.4, -0.2) is 12.6 Å². The Bertz CT molecular complexity index is 671. The van der Waals surface area contributed by atoms with Crippen LogP contribution in [0.3, 0.4) is 0 Å². The molecule has 0 bridgehead atoms. The molecule has 0 aliphatic rings. The van der Waals surface area contributed by atoms with E-state index in [2.05, 4.69) is 21.2 Å². The normalized spacial score (nSPS) is 10.2. The maximum absolute atomic E-state index is 12.0. The van der Waals surface area contributed by atoms with Gasteiger partial charge in [-0.15, -0.1) is 0 Å². The molecular weight excluding hydrogens is 332 g/mol. The Morgan fingerprint density at radius 1 is 1.24 bits per heavy atom. The molecule has 21 heavy (non-hydrogen) atoms. The average Bonchev–Trinajstić information content (AvgIpc) is 2.45. The number of nitrogens with one attached hydrogen (secondary N) is 1. The summed E-state index contributed by atoms with van der Waals surface area (Å²) >= 11 is 3.44. The molecule has 0 heterocycles. The number of halogens is 1. The molecule has 110 valence electrons. The Morgan fingerprint density at radius 3 is 2.71 bits per heavy atom. The van der Waals surface area contributed by atoms with E-state index >= 15 is 0 Å². The van der Waals surface area contributed by atoms with Gasteiger partial charge in [-0.2, -0.15) is 0 Å². The van der Waals surface area contributed by atoms with Gasteiger partial charge in [0.25, 0.3) is 0 Å². The summed E-state index contributed by atoms with van der Waals surface area (Å²) in [7, 11) is 0. The molecule has 0 unspecified atom stereocenters. The predicted octanol–water partition coefficient (Wildman–Crippen LogP) is 4.26. The molecule has 0 aliphatic carbocycles. The minimum Gasteiger partial charge on any atom is -0.462 e. The van der Waals surface area contributed by atoms with Crippen molar-refractivity contribution in [1.29, 1.82) is 0 Å². The summed E-state index contributed by atoms with van der Waals surface area (Å²) in [5.74, 6) is -0.389. The highest BCUT2D eigenvalue weighted by Crippen LogP contribution is 2.28. The molecule has 0 aliphatic heterocycles. The Balaban J connectivity index is 2.39. The average molecular weight is 349 g/mol. The van der Waals surface area contributed by atoms with Crippen molar-refractivity contribution in [3.8, 4) is 0 Å². The van der Waals surface area contributed by atoms with Crippen LogP contribution in [0.2, 0.25) is 0 Å². The van der Waals surface area contributed by atoms with Gasteiger partial charge in [0.15, 0.2) is 0 Å². The van der Waals surface area contributed by atoms with Crippen LogP contribution in [0, 0.1) is 6.92 Å². The lowest BCUT2D eigenvalue weighted by atomic mass is 10.1. The van der Waals surface area contributed by atoms with E-state index in [4.69, 9.17) is 10.5 Å². The van der Waals surface area contributed by atoms with Crippen molar-refractivity contribution in [2.45, 2.75) is 13.8 Å². The number of carbonyl (C=O) groups is 1. The first kappa shape index (κ1) is 15.4. The zero-order valence-corrected chi connectivity index (χ0v) is 13.5. The van der Waals surface area contributed by atoms with E-state index in [1.165, 1.54) is 0 Å². The molecule has 0 aromatic heterocycles. The molecule has 5 heteroatoms. The summed E-state index contributed by atoms with van der Waals surface area (Å²) in [6.07, 6.45) is 0. The van der Waals surface area contributed by atoms with Gasteiger partial charge in [0, 0.05) is 15.8 Å². The fourth-order valence-electron chi connectivity index (χ4n) is 1.92. The Hall–Kier alpha value is -2.01. The molecule has 3 N–H and O–H groups in total. The zero-order valence-electron chi connectivity index (χ0n) is 11.9.